The van der Waals surface area contributed by atoms with Crippen LogP contribution in [0, 0.1) is 22.9 Å². The number of aryl methyl sites for hydroxylation is 1. The number of carbonyl (C=O) groups is 1. The van der Waals surface area contributed by atoms with E-state index < -0.39 is 16.7 Å². The van der Waals surface area contributed by atoms with Crippen molar-refractivity contribution in [1.29, 1.82) is 0 Å². The van der Waals surface area contributed by atoms with Gasteiger partial charge in [-0.3, -0.25) is 14.9 Å². The fraction of sp³-hybridized carbons (Fsp3) is 0.417. The summed E-state index contributed by atoms with van der Waals surface area (Å²) >= 11 is 0. The maximum Gasteiger partial charge on any atom is 0.303 e. The van der Waals surface area contributed by atoms with E-state index in [9.17, 15) is 19.3 Å². The Labute approximate surface area is 109 Å². The second-order valence-corrected chi connectivity index (χ2v) is 4.15. The number of hydrogen-bond acceptors (Lipinski definition) is 4. The standard InChI is InChI=1S/C12H15FN2O4/c1-8-6-10(11(15(18)19)7-9(8)13)14-5-3-2-4-12(16)17/h6-7,14H,2-5H2,1H3,(H,16,17). The second kappa shape index (κ2) is 6.67. The van der Waals surface area contributed by atoms with Crippen molar-refractivity contribution in [1.82, 2.24) is 0 Å². The molecule has 104 valence electrons. The zero-order valence-electron chi connectivity index (χ0n) is 10.5. The van der Waals surface area contributed by atoms with Gasteiger partial charge in [0.25, 0.3) is 5.69 Å². The van der Waals surface area contributed by atoms with E-state index in [0.717, 1.165) is 6.07 Å². The largest absolute Gasteiger partial charge is 0.481 e. The lowest BCUT2D eigenvalue weighted by molar-refractivity contribution is -0.384. The summed E-state index contributed by atoms with van der Waals surface area (Å²) in [5.74, 6) is -1.49. The molecule has 7 heteroatoms. The summed E-state index contributed by atoms with van der Waals surface area (Å²) in [6, 6.07) is 2.26. The predicted molar refractivity (Wildman–Crippen MR) is 67.8 cm³/mol. The van der Waals surface area contributed by atoms with Gasteiger partial charge >= 0.3 is 5.97 Å². The molecule has 0 fully saturated rings. The van der Waals surface area contributed by atoms with E-state index in [4.69, 9.17) is 5.11 Å². The monoisotopic (exact) mass is 270 g/mol. The van der Waals surface area contributed by atoms with E-state index in [1.54, 1.807) is 0 Å². The van der Waals surface area contributed by atoms with Gasteiger partial charge in [0.2, 0.25) is 0 Å². The first kappa shape index (κ1) is 14.9. The molecule has 0 aliphatic heterocycles. The molecule has 0 atom stereocenters. The summed E-state index contributed by atoms with van der Waals surface area (Å²) < 4.78 is 13.3. The lowest BCUT2D eigenvalue weighted by atomic mass is 10.1. The van der Waals surface area contributed by atoms with Crippen LogP contribution in [0.25, 0.3) is 0 Å². The number of carboxylic acids is 1. The first-order valence-corrected chi connectivity index (χ1v) is 5.82. The van der Waals surface area contributed by atoms with Gasteiger partial charge in [-0.1, -0.05) is 0 Å². The van der Waals surface area contributed by atoms with Crippen LogP contribution in [0.1, 0.15) is 24.8 Å². The average molecular weight is 270 g/mol. The molecule has 6 nitrogen and oxygen atoms in total. The van der Waals surface area contributed by atoms with Gasteiger partial charge in [-0.25, -0.2) is 4.39 Å². The molecule has 0 saturated heterocycles. The molecule has 0 aromatic heterocycles. The van der Waals surface area contributed by atoms with Gasteiger partial charge in [0.05, 0.1) is 11.0 Å². The number of nitro groups is 1. The number of carboxylic acid groups (broad SMARTS) is 1. The molecular formula is C12H15FN2O4. The quantitative estimate of drug-likeness (QED) is 0.451. The highest BCUT2D eigenvalue weighted by molar-refractivity contribution is 5.66. The summed E-state index contributed by atoms with van der Waals surface area (Å²) in [5.41, 5.74) is 0.249. The van der Waals surface area contributed by atoms with Gasteiger partial charge in [-0.2, -0.15) is 0 Å². The molecule has 0 aliphatic carbocycles. The molecule has 1 rings (SSSR count). The maximum atomic E-state index is 13.3. The Hall–Kier alpha value is -2.18. The van der Waals surface area contributed by atoms with E-state index in [2.05, 4.69) is 5.32 Å². The third kappa shape index (κ3) is 4.53. The van der Waals surface area contributed by atoms with Crippen molar-refractivity contribution in [3.05, 3.63) is 33.6 Å². The summed E-state index contributed by atoms with van der Waals surface area (Å²) in [5, 5.41) is 22.1. The van der Waals surface area contributed by atoms with Crippen LogP contribution in [0.15, 0.2) is 12.1 Å². The van der Waals surface area contributed by atoms with Crippen molar-refractivity contribution in [2.24, 2.45) is 0 Å². The van der Waals surface area contributed by atoms with Gasteiger partial charge in [0.1, 0.15) is 11.5 Å². The SMILES string of the molecule is Cc1cc(NCCCCC(=O)O)c([N+](=O)[O-])cc1F. The van der Waals surface area contributed by atoms with E-state index in [-0.39, 0.29) is 17.8 Å². The molecule has 2 N–H and O–H groups in total. The molecule has 1 aromatic rings. The smallest absolute Gasteiger partial charge is 0.303 e. The van der Waals surface area contributed by atoms with Crippen LogP contribution in [0.4, 0.5) is 15.8 Å². The van der Waals surface area contributed by atoms with Gasteiger partial charge in [-0.15, -0.1) is 0 Å². The minimum Gasteiger partial charge on any atom is -0.481 e. The highest BCUT2D eigenvalue weighted by Gasteiger charge is 2.16. The summed E-state index contributed by atoms with van der Waals surface area (Å²) in [6.07, 6.45) is 1.11. The van der Waals surface area contributed by atoms with Crippen molar-refractivity contribution in [2.45, 2.75) is 26.2 Å². The zero-order valence-corrected chi connectivity index (χ0v) is 10.5. The van der Waals surface area contributed by atoms with Crippen LogP contribution in [0.5, 0.6) is 0 Å². The maximum absolute atomic E-state index is 13.3. The molecular weight excluding hydrogens is 255 g/mol. The number of aliphatic carboxylic acids is 1. The van der Waals surface area contributed by atoms with Crippen molar-refractivity contribution in [2.75, 3.05) is 11.9 Å². The summed E-state index contributed by atoms with van der Waals surface area (Å²) in [6.45, 7) is 1.92. The highest BCUT2D eigenvalue weighted by atomic mass is 19.1. The van der Waals surface area contributed by atoms with Crippen molar-refractivity contribution >= 4 is 17.3 Å². The first-order valence-electron chi connectivity index (χ1n) is 5.82. The number of hydrogen-bond donors (Lipinski definition) is 2. The third-order valence-corrected chi connectivity index (χ3v) is 2.61. The number of benzene rings is 1. The van der Waals surface area contributed by atoms with E-state index >= 15 is 0 Å². The Bertz CT molecular complexity index is 491. The van der Waals surface area contributed by atoms with Crippen molar-refractivity contribution in [3.8, 4) is 0 Å². The van der Waals surface area contributed by atoms with Crippen molar-refractivity contribution in [3.63, 3.8) is 0 Å². The number of unbranched alkanes of at least 4 members (excludes halogenated alkanes) is 1. The summed E-state index contributed by atoms with van der Waals surface area (Å²) in [4.78, 5) is 20.4. The molecule has 1 aromatic carbocycles. The molecule has 0 bridgehead atoms. The lowest BCUT2D eigenvalue weighted by Crippen LogP contribution is -2.06. The Kier molecular flexibility index (Phi) is 5.23. The van der Waals surface area contributed by atoms with Crippen LogP contribution < -0.4 is 5.32 Å². The number of rotatable bonds is 7. The van der Waals surface area contributed by atoms with E-state index in [1.807, 2.05) is 0 Å². The normalized spacial score (nSPS) is 10.2. The van der Waals surface area contributed by atoms with Crippen LogP contribution >= 0.6 is 0 Å². The minimum absolute atomic E-state index is 0.0617. The fourth-order valence-electron chi connectivity index (χ4n) is 1.59. The topological polar surface area (TPSA) is 92.5 Å². The fourth-order valence-corrected chi connectivity index (χ4v) is 1.59. The molecule has 19 heavy (non-hydrogen) atoms. The molecule has 0 unspecified atom stereocenters. The van der Waals surface area contributed by atoms with Gasteiger partial charge in [0.15, 0.2) is 0 Å². The Morgan fingerprint density at radius 3 is 2.74 bits per heavy atom. The van der Waals surface area contributed by atoms with E-state index in [1.165, 1.54) is 13.0 Å². The first-order chi connectivity index (χ1) is 8.91. The second-order valence-electron chi connectivity index (χ2n) is 4.15. The summed E-state index contributed by atoms with van der Waals surface area (Å²) in [7, 11) is 0. The zero-order chi connectivity index (χ0) is 14.4. The molecule has 0 aliphatic rings. The van der Waals surface area contributed by atoms with Crippen LogP contribution in [-0.4, -0.2) is 22.5 Å². The van der Waals surface area contributed by atoms with Crippen LogP contribution in [0.2, 0.25) is 0 Å². The lowest BCUT2D eigenvalue weighted by Gasteiger charge is -2.08. The molecule has 0 saturated carbocycles. The van der Waals surface area contributed by atoms with Crippen LogP contribution in [0.3, 0.4) is 0 Å². The molecule has 0 spiro atoms. The Morgan fingerprint density at radius 1 is 1.47 bits per heavy atom. The van der Waals surface area contributed by atoms with E-state index in [0.29, 0.717) is 24.9 Å². The number of nitrogens with one attached hydrogen (secondary N) is 1. The van der Waals surface area contributed by atoms with Crippen LogP contribution in [-0.2, 0) is 4.79 Å². The number of nitro benzene ring substituents is 1. The van der Waals surface area contributed by atoms with Crippen molar-refractivity contribution < 1.29 is 19.2 Å². The number of halogens is 1. The predicted octanol–water partition coefficient (Wildman–Crippen LogP) is 2.71. The number of nitrogens with zero attached hydrogens (tertiary/aromatic N) is 1. The highest BCUT2D eigenvalue weighted by Crippen LogP contribution is 2.27. The molecule has 0 heterocycles. The van der Waals surface area contributed by atoms with Gasteiger partial charge in [-0.05, 0) is 31.4 Å². The molecule has 0 amide bonds. The average Bonchev–Trinajstić information content (AvgIpc) is 2.32. The third-order valence-electron chi connectivity index (χ3n) is 2.61. The Morgan fingerprint density at radius 2 is 2.16 bits per heavy atom. The Balaban J connectivity index is 2.64. The van der Waals surface area contributed by atoms with Gasteiger partial charge < -0.3 is 10.4 Å². The number of anilines is 1. The minimum atomic E-state index is -0.872. The molecule has 0 radical (unpaired) electrons. The van der Waals surface area contributed by atoms with Gasteiger partial charge in [0, 0.05) is 13.0 Å².